The van der Waals surface area contributed by atoms with Crippen LogP contribution in [0.3, 0.4) is 0 Å². The van der Waals surface area contributed by atoms with Crippen molar-refractivity contribution in [1.82, 2.24) is 9.88 Å². The molecule has 8 nitrogen and oxygen atoms in total. The Bertz CT molecular complexity index is 1320. The maximum absolute atomic E-state index is 12.6. The third-order valence-corrected chi connectivity index (χ3v) is 5.07. The number of aryl methyl sites for hydroxylation is 1. The Kier molecular flexibility index (Phi) is 4.90. The molecule has 0 aliphatic carbocycles. The minimum atomic E-state index is -0.508. The number of methoxy groups -OCH3 is 1. The summed E-state index contributed by atoms with van der Waals surface area (Å²) >= 11 is 0. The standard InChI is InChI=1S/C23H18N2O6/c1-12(26)31-15-6-4-5-13(9-15)16-11-18-17(21-20(16)22(28)24-23(21)29)10-14(25(18)2)7-8-19(27)30-3/h4-11H,1-3H3,(H,24,28,29)/b8-7-. The van der Waals surface area contributed by atoms with Crippen molar-refractivity contribution in [2.75, 3.05) is 7.11 Å². The van der Waals surface area contributed by atoms with E-state index in [1.54, 1.807) is 49.5 Å². The van der Waals surface area contributed by atoms with E-state index in [2.05, 4.69) is 10.1 Å². The lowest BCUT2D eigenvalue weighted by Crippen LogP contribution is -2.20. The van der Waals surface area contributed by atoms with Crippen molar-refractivity contribution in [3.8, 4) is 16.9 Å². The zero-order chi connectivity index (χ0) is 22.3. The molecule has 0 atom stereocenters. The van der Waals surface area contributed by atoms with Crippen molar-refractivity contribution in [2.45, 2.75) is 6.92 Å². The van der Waals surface area contributed by atoms with Crippen LogP contribution in [0.5, 0.6) is 5.75 Å². The SMILES string of the molecule is COC(=O)/C=C\c1cc2c3c(c(-c4cccc(OC(C)=O)c4)cc2n1C)C(=O)NC3=O. The molecule has 1 aliphatic rings. The minimum Gasteiger partial charge on any atom is -0.466 e. The fourth-order valence-corrected chi connectivity index (χ4v) is 3.69. The minimum absolute atomic E-state index is 0.256. The number of nitrogens with one attached hydrogen (secondary N) is 1. The number of carbonyl (C=O) groups is 4. The molecule has 1 aromatic heterocycles. The molecular weight excluding hydrogens is 400 g/mol. The molecule has 1 aliphatic heterocycles. The Morgan fingerprint density at radius 3 is 2.52 bits per heavy atom. The maximum atomic E-state index is 12.6. The predicted molar refractivity (Wildman–Crippen MR) is 113 cm³/mol. The van der Waals surface area contributed by atoms with E-state index in [1.807, 2.05) is 4.57 Å². The van der Waals surface area contributed by atoms with Crippen molar-refractivity contribution in [2.24, 2.45) is 7.05 Å². The number of carbonyl (C=O) groups excluding carboxylic acids is 4. The van der Waals surface area contributed by atoms with Crippen LogP contribution in [0.1, 0.15) is 33.3 Å². The fraction of sp³-hybridized carbons (Fsp3) is 0.130. The van der Waals surface area contributed by atoms with Gasteiger partial charge in [0.05, 0.1) is 18.2 Å². The molecule has 0 saturated heterocycles. The van der Waals surface area contributed by atoms with Crippen LogP contribution in [0.2, 0.25) is 0 Å². The van der Waals surface area contributed by atoms with E-state index >= 15 is 0 Å². The van der Waals surface area contributed by atoms with Gasteiger partial charge in [-0.1, -0.05) is 12.1 Å². The topological polar surface area (TPSA) is 104 Å². The summed E-state index contributed by atoms with van der Waals surface area (Å²) in [6.45, 7) is 1.30. The Balaban J connectivity index is 1.96. The van der Waals surface area contributed by atoms with Crippen LogP contribution < -0.4 is 10.1 Å². The molecule has 0 bridgehead atoms. The molecular formula is C23H18N2O6. The average molecular weight is 418 g/mol. The van der Waals surface area contributed by atoms with Crippen LogP contribution in [0.4, 0.5) is 0 Å². The van der Waals surface area contributed by atoms with Gasteiger partial charge in [0.25, 0.3) is 11.8 Å². The number of imide groups is 1. The molecule has 1 N–H and O–H groups in total. The van der Waals surface area contributed by atoms with Crippen molar-refractivity contribution in [1.29, 1.82) is 0 Å². The number of hydrogen-bond donors (Lipinski definition) is 1. The van der Waals surface area contributed by atoms with Gasteiger partial charge in [0.15, 0.2) is 0 Å². The molecule has 0 fully saturated rings. The van der Waals surface area contributed by atoms with Crippen LogP contribution in [-0.4, -0.2) is 35.4 Å². The summed E-state index contributed by atoms with van der Waals surface area (Å²) in [4.78, 5) is 48.0. The fourth-order valence-electron chi connectivity index (χ4n) is 3.69. The number of esters is 2. The number of hydrogen-bond acceptors (Lipinski definition) is 6. The molecule has 0 spiro atoms. The van der Waals surface area contributed by atoms with E-state index in [1.165, 1.54) is 20.1 Å². The predicted octanol–water partition coefficient (Wildman–Crippen LogP) is 2.84. The summed E-state index contributed by atoms with van der Waals surface area (Å²) < 4.78 is 11.6. The van der Waals surface area contributed by atoms with Gasteiger partial charge in [-0.05, 0) is 41.5 Å². The van der Waals surface area contributed by atoms with Gasteiger partial charge in [0.2, 0.25) is 0 Å². The zero-order valence-electron chi connectivity index (χ0n) is 17.0. The number of amides is 2. The van der Waals surface area contributed by atoms with Crippen LogP contribution in [0, 0.1) is 0 Å². The highest BCUT2D eigenvalue weighted by atomic mass is 16.5. The second kappa shape index (κ2) is 7.56. The monoisotopic (exact) mass is 418 g/mol. The number of benzene rings is 2. The first-order valence-electron chi connectivity index (χ1n) is 9.37. The smallest absolute Gasteiger partial charge is 0.330 e. The lowest BCUT2D eigenvalue weighted by Gasteiger charge is -2.10. The maximum Gasteiger partial charge on any atom is 0.330 e. The van der Waals surface area contributed by atoms with Gasteiger partial charge < -0.3 is 14.0 Å². The first kappa shape index (κ1) is 20.1. The summed E-state index contributed by atoms with van der Waals surface area (Å²) in [5, 5.41) is 2.94. The van der Waals surface area contributed by atoms with E-state index < -0.39 is 23.8 Å². The lowest BCUT2D eigenvalue weighted by molar-refractivity contribution is -0.135. The molecule has 8 heteroatoms. The van der Waals surface area contributed by atoms with E-state index in [0.29, 0.717) is 33.5 Å². The van der Waals surface area contributed by atoms with Crippen LogP contribution >= 0.6 is 0 Å². The number of aromatic nitrogens is 1. The summed E-state index contributed by atoms with van der Waals surface area (Å²) in [7, 11) is 3.08. The van der Waals surface area contributed by atoms with E-state index in [-0.39, 0.29) is 11.1 Å². The summed E-state index contributed by atoms with van der Waals surface area (Å²) in [5.41, 5.74) is 3.02. The Morgan fingerprint density at radius 1 is 1.06 bits per heavy atom. The number of nitrogens with zero attached hydrogens (tertiary/aromatic N) is 1. The summed E-state index contributed by atoms with van der Waals surface area (Å²) in [5.74, 6) is -1.62. The highest BCUT2D eigenvalue weighted by molar-refractivity contribution is 6.29. The highest BCUT2D eigenvalue weighted by Crippen LogP contribution is 2.37. The average Bonchev–Trinajstić information content (AvgIpc) is 3.21. The lowest BCUT2D eigenvalue weighted by atomic mass is 9.94. The first-order chi connectivity index (χ1) is 14.8. The highest BCUT2D eigenvalue weighted by Gasteiger charge is 2.33. The van der Waals surface area contributed by atoms with Gasteiger partial charge in [-0.15, -0.1) is 0 Å². The summed E-state index contributed by atoms with van der Waals surface area (Å²) in [6.07, 6.45) is 2.86. The van der Waals surface area contributed by atoms with Crippen molar-refractivity contribution in [3.05, 3.63) is 59.3 Å². The normalized spacial score (nSPS) is 12.9. The van der Waals surface area contributed by atoms with Crippen LogP contribution in [0.15, 0.2) is 42.5 Å². The Morgan fingerprint density at radius 2 is 1.81 bits per heavy atom. The van der Waals surface area contributed by atoms with Gasteiger partial charge in [-0.3, -0.25) is 19.7 Å². The molecule has 2 amide bonds. The van der Waals surface area contributed by atoms with Gasteiger partial charge in [0.1, 0.15) is 5.75 Å². The van der Waals surface area contributed by atoms with Gasteiger partial charge in [0, 0.05) is 36.6 Å². The molecule has 156 valence electrons. The third kappa shape index (κ3) is 3.48. The van der Waals surface area contributed by atoms with Gasteiger partial charge in [-0.25, -0.2) is 4.79 Å². The molecule has 31 heavy (non-hydrogen) atoms. The van der Waals surface area contributed by atoms with Crippen LogP contribution in [-0.2, 0) is 21.4 Å². The Labute approximate surface area is 177 Å². The quantitative estimate of drug-likeness (QED) is 0.302. The number of rotatable bonds is 4. The van der Waals surface area contributed by atoms with E-state index in [0.717, 1.165) is 0 Å². The molecule has 2 heterocycles. The zero-order valence-corrected chi connectivity index (χ0v) is 17.0. The second-order valence-corrected chi connectivity index (χ2v) is 7.00. The van der Waals surface area contributed by atoms with E-state index in [9.17, 15) is 19.2 Å². The van der Waals surface area contributed by atoms with Crippen LogP contribution in [0.25, 0.3) is 28.1 Å². The molecule has 2 aromatic carbocycles. The molecule has 4 rings (SSSR count). The third-order valence-electron chi connectivity index (χ3n) is 5.07. The summed E-state index contributed by atoms with van der Waals surface area (Å²) in [6, 6.07) is 10.3. The molecule has 0 radical (unpaired) electrons. The molecule has 0 unspecified atom stereocenters. The van der Waals surface area contributed by atoms with Crippen molar-refractivity contribution < 1.29 is 28.7 Å². The van der Waals surface area contributed by atoms with Crippen molar-refractivity contribution >= 4 is 40.7 Å². The number of fused-ring (bicyclic) bond motifs is 3. The molecule has 3 aromatic rings. The van der Waals surface area contributed by atoms with Crippen molar-refractivity contribution in [3.63, 3.8) is 0 Å². The molecule has 0 saturated carbocycles. The first-order valence-corrected chi connectivity index (χ1v) is 9.37. The van der Waals surface area contributed by atoms with Gasteiger partial charge in [-0.2, -0.15) is 0 Å². The largest absolute Gasteiger partial charge is 0.466 e. The second-order valence-electron chi connectivity index (χ2n) is 7.00. The number of ether oxygens (including phenoxy) is 2. The Hall–Kier alpha value is -4.20. The van der Waals surface area contributed by atoms with E-state index in [4.69, 9.17) is 4.74 Å². The van der Waals surface area contributed by atoms with Gasteiger partial charge >= 0.3 is 11.9 Å².